The number of benzene rings is 1. The summed E-state index contributed by atoms with van der Waals surface area (Å²) in [6.45, 7) is 12.1. The van der Waals surface area contributed by atoms with E-state index in [0.717, 1.165) is 32.7 Å². The molecule has 0 saturated carbocycles. The van der Waals surface area contributed by atoms with E-state index >= 15 is 0 Å². The van der Waals surface area contributed by atoms with E-state index < -0.39 is 0 Å². The molecule has 0 N–H and O–H groups in total. The molecule has 0 radical (unpaired) electrons. The van der Waals surface area contributed by atoms with Crippen LogP contribution in [0.4, 0.5) is 5.69 Å². The number of rotatable bonds is 3. The lowest BCUT2D eigenvalue weighted by atomic mass is 10.2. The van der Waals surface area contributed by atoms with Gasteiger partial charge in [-0.15, -0.1) is 0 Å². The van der Waals surface area contributed by atoms with Gasteiger partial charge in [0.05, 0.1) is 23.8 Å². The van der Waals surface area contributed by atoms with Gasteiger partial charge >= 0.3 is 0 Å². The number of likely N-dealkylation sites (N-methyl/N-ethyl adjacent to an activating group) is 1. The number of para-hydroxylation sites is 1. The largest absolute Gasteiger partial charge is 0.335 e. The minimum Gasteiger partial charge on any atom is -0.335 e. The second-order valence-corrected chi connectivity index (χ2v) is 8.50. The number of aromatic nitrogens is 1. The zero-order chi connectivity index (χ0) is 19.0. The Morgan fingerprint density at radius 1 is 1.04 bits per heavy atom. The molecule has 5 heteroatoms. The van der Waals surface area contributed by atoms with E-state index in [0.29, 0.717) is 0 Å². The first kappa shape index (κ1) is 18.4. The van der Waals surface area contributed by atoms with Gasteiger partial charge in [-0.1, -0.05) is 28.6 Å². The first-order valence-electron chi connectivity index (χ1n) is 9.80. The molecular weight excluding hydrogens is 352 g/mol. The van der Waals surface area contributed by atoms with Gasteiger partial charge in [-0.3, -0.25) is 0 Å². The lowest BCUT2D eigenvalue weighted by molar-refractivity contribution is -0.706. The van der Waals surface area contributed by atoms with Crippen molar-refractivity contribution in [2.45, 2.75) is 25.7 Å². The molecule has 0 spiro atoms. The van der Waals surface area contributed by atoms with E-state index in [1.807, 2.05) is 11.8 Å². The second kappa shape index (κ2) is 7.56. The number of fused-ring (bicyclic) bond motifs is 1. The van der Waals surface area contributed by atoms with E-state index in [1.165, 1.54) is 32.6 Å². The molecule has 0 bridgehead atoms. The fourth-order valence-corrected chi connectivity index (χ4v) is 5.27. The maximum absolute atomic E-state index is 2.47. The molecule has 0 amide bonds. The Bertz CT molecular complexity index is 845. The smallest absolute Gasteiger partial charge is 0.209 e. The lowest BCUT2D eigenvalue weighted by Gasteiger charge is -2.30. The summed E-state index contributed by atoms with van der Waals surface area (Å²) in [5.74, 6) is 0. The molecule has 2 aliphatic rings. The molecule has 1 fully saturated rings. The first-order chi connectivity index (χ1) is 13.1. The van der Waals surface area contributed by atoms with Crippen LogP contribution in [0.25, 0.3) is 6.08 Å². The third-order valence-electron chi connectivity index (χ3n) is 5.42. The van der Waals surface area contributed by atoms with Crippen molar-refractivity contribution < 1.29 is 4.68 Å². The van der Waals surface area contributed by atoms with Gasteiger partial charge in [-0.25, -0.2) is 0 Å². The Kier molecular flexibility index (Phi) is 5.15. The maximum Gasteiger partial charge on any atom is 0.209 e. The number of anilines is 1. The highest BCUT2D eigenvalue weighted by Gasteiger charge is 2.26. The molecule has 0 atom stereocenters. The van der Waals surface area contributed by atoms with Crippen molar-refractivity contribution in [3.05, 3.63) is 58.4 Å². The van der Waals surface area contributed by atoms with E-state index in [-0.39, 0.29) is 0 Å². The zero-order valence-electron chi connectivity index (χ0n) is 16.8. The number of nitrogens with zero attached hydrogens (tertiary/aromatic N) is 4. The van der Waals surface area contributed by atoms with Gasteiger partial charge in [0.15, 0.2) is 0 Å². The molecule has 142 valence electrons. The van der Waals surface area contributed by atoms with Crippen LogP contribution >= 0.6 is 11.8 Å². The molecule has 4 nitrogen and oxygen atoms in total. The van der Waals surface area contributed by atoms with E-state index in [2.05, 4.69) is 89.8 Å². The molecule has 27 heavy (non-hydrogen) atoms. The molecule has 4 rings (SSSR count). The highest BCUT2D eigenvalue weighted by molar-refractivity contribution is 8.03. The van der Waals surface area contributed by atoms with Gasteiger partial charge in [0, 0.05) is 50.5 Å². The quantitative estimate of drug-likeness (QED) is 0.756. The van der Waals surface area contributed by atoms with Gasteiger partial charge in [-0.2, -0.15) is 5.01 Å². The molecule has 2 aromatic rings. The number of pyridine rings is 1. The van der Waals surface area contributed by atoms with Crippen LogP contribution in [0.3, 0.4) is 0 Å². The van der Waals surface area contributed by atoms with E-state index in [9.17, 15) is 0 Å². The second-order valence-electron chi connectivity index (χ2n) is 7.44. The third kappa shape index (κ3) is 3.58. The predicted molar refractivity (Wildman–Crippen MR) is 115 cm³/mol. The van der Waals surface area contributed by atoms with Crippen LogP contribution < -0.4 is 14.6 Å². The summed E-state index contributed by atoms with van der Waals surface area (Å²) >= 11 is 1.87. The Morgan fingerprint density at radius 2 is 1.70 bits per heavy atom. The fraction of sp³-hybridized carbons (Fsp3) is 0.409. The van der Waals surface area contributed by atoms with Crippen LogP contribution in [0.15, 0.2) is 46.3 Å². The van der Waals surface area contributed by atoms with Crippen molar-refractivity contribution in [2.75, 3.05) is 49.7 Å². The van der Waals surface area contributed by atoms with Crippen molar-refractivity contribution in [1.29, 1.82) is 0 Å². The van der Waals surface area contributed by atoms with Crippen LogP contribution in [-0.2, 0) is 0 Å². The summed E-state index contributed by atoms with van der Waals surface area (Å²) in [7, 11) is 2.20. The SMILES string of the molecule is CCN1C(=Cc2cc(C)[n+](N3CCN(C)CC3)c(C)c2)Sc2ccccc21. The number of hydrogen-bond donors (Lipinski definition) is 0. The van der Waals surface area contributed by atoms with Crippen LogP contribution in [0.5, 0.6) is 0 Å². The van der Waals surface area contributed by atoms with Crippen molar-refractivity contribution in [1.82, 2.24) is 4.90 Å². The zero-order valence-corrected chi connectivity index (χ0v) is 17.6. The van der Waals surface area contributed by atoms with Crippen LogP contribution in [-0.4, -0.2) is 44.7 Å². The van der Waals surface area contributed by atoms with Gasteiger partial charge in [0.2, 0.25) is 11.4 Å². The topological polar surface area (TPSA) is 13.6 Å². The van der Waals surface area contributed by atoms with Gasteiger partial charge < -0.3 is 9.80 Å². The third-order valence-corrected chi connectivity index (χ3v) is 6.54. The van der Waals surface area contributed by atoms with E-state index in [4.69, 9.17) is 0 Å². The normalized spacial score (nSPS) is 19.0. The standard InChI is InChI=1S/C22H29N4S/c1-5-25-20-8-6-7-9-21(20)27-22(25)16-19-14-17(2)26(18(3)15-19)24-12-10-23(4)11-13-24/h6-9,14-16H,5,10-13H2,1-4H3/q+1. The first-order valence-corrected chi connectivity index (χ1v) is 10.6. The Labute approximate surface area is 167 Å². The van der Waals surface area contributed by atoms with Crippen molar-refractivity contribution in [3.63, 3.8) is 0 Å². The van der Waals surface area contributed by atoms with Crippen molar-refractivity contribution >= 4 is 23.5 Å². The van der Waals surface area contributed by atoms with E-state index in [1.54, 1.807) is 0 Å². The Hall–Kier alpha value is -1.98. The summed E-state index contributed by atoms with van der Waals surface area (Å²) in [4.78, 5) is 6.16. The van der Waals surface area contributed by atoms with Gasteiger partial charge in [0.1, 0.15) is 0 Å². The lowest BCUT2D eigenvalue weighted by Crippen LogP contribution is -2.66. The Morgan fingerprint density at radius 3 is 2.37 bits per heavy atom. The molecule has 0 unspecified atom stereocenters. The number of hydrogen-bond acceptors (Lipinski definition) is 4. The molecular formula is C22H29N4S+. The highest BCUT2D eigenvalue weighted by atomic mass is 32.2. The average Bonchev–Trinajstić information content (AvgIpc) is 2.99. The highest BCUT2D eigenvalue weighted by Crippen LogP contribution is 2.46. The van der Waals surface area contributed by atoms with Crippen molar-refractivity contribution in [2.24, 2.45) is 0 Å². The number of aryl methyl sites for hydroxylation is 2. The molecule has 1 saturated heterocycles. The summed E-state index contributed by atoms with van der Waals surface area (Å²) in [5, 5.41) is 3.79. The van der Waals surface area contributed by atoms with Crippen molar-refractivity contribution in [3.8, 4) is 0 Å². The summed E-state index contributed by atoms with van der Waals surface area (Å²) < 4.78 is 2.39. The minimum atomic E-state index is 0.988. The monoisotopic (exact) mass is 381 g/mol. The van der Waals surface area contributed by atoms with Crippen LogP contribution in [0, 0.1) is 13.8 Å². The molecule has 2 aliphatic heterocycles. The number of thioether (sulfide) groups is 1. The molecule has 1 aromatic heterocycles. The summed E-state index contributed by atoms with van der Waals surface area (Å²) in [6.07, 6.45) is 2.34. The van der Waals surface area contributed by atoms with Crippen LogP contribution in [0.2, 0.25) is 0 Å². The molecule has 3 heterocycles. The molecule has 0 aliphatic carbocycles. The fourth-order valence-electron chi connectivity index (χ4n) is 4.08. The maximum atomic E-state index is 2.47. The average molecular weight is 382 g/mol. The predicted octanol–water partition coefficient (Wildman–Crippen LogP) is 3.40. The summed E-state index contributed by atoms with van der Waals surface area (Å²) in [5.41, 5.74) is 5.21. The van der Waals surface area contributed by atoms with Crippen LogP contribution in [0.1, 0.15) is 23.9 Å². The summed E-state index contributed by atoms with van der Waals surface area (Å²) in [6, 6.07) is 13.3. The molecule has 1 aromatic carbocycles. The number of piperazine rings is 1. The Balaban J connectivity index is 1.63. The minimum absolute atomic E-state index is 0.988. The van der Waals surface area contributed by atoms with Gasteiger partial charge in [-0.05, 0) is 37.7 Å². The van der Waals surface area contributed by atoms with Gasteiger partial charge in [0.25, 0.3) is 0 Å².